The Hall–Kier alpha value is -1.20. The molecule has 0 fully saturated rings. The van der Waals surface area contributed by atoms with Gasteiger partial charge in [0.05, 0.1) is 6.10 Å². The Morgan fingerprint density at radius 2 is 1.90 bits per heavy atom. The smallest absolute Gasteiger partial charge is 0.387 e. The molecule has 0 aliphatic carbocycles. The Kier molecular flexibility index (Phi) is 7.05. The second kappa shape index (κ2) is 8.29. The van der Waals surface area contributed by atoms with Gasteiger partial charge in [-0.2, -0.15) is 8.78 Å². The van der Waals surface area contributed by atoms with Crippen LogP contribution < -0.4 is 10.1 Å². The van der Waals surface area contributed by atoms with Gasteiger partial charge in [0.15, 0.2) is 0 Å². The quantitative estimate of drug-likeness (QED) is 0.770. The van der Waals surface area contributed by atoms with E-state index in [1.165, 1.54) is 0 Å². The molecule has 21 heavy (non-hydrogen) atoms. The lowest BCUT2D eigenvalue weighted by Gasteiger charge is -2.21. The maximum absolute atomic E-state index is 12.5. The molecule has 0 aromatic heterocycles. The van der Waals surface area contributed by atoms with Crippen LogP contribution in [0.4, 0.5) is 8.78 Å². The van der Waals surface area contributed by atoms with Crippen molar-refractivity contribution in [2.24, 2.45) is 5.92 Å². The van der Waals surface area contributed by atoms with Crippen LogP contribution in [0, 0.1) is 12.8 Å². The average Bonchev–Trinajstić information content (AvgIpc) is 2.36. The Labute approximate surface area is 125 Å². The van der Waals surface area contributed by atoms with Gasteiger partial charge < -0.3 is 15.2 Å². The van der Waals surface area contributed by atoms with Crippen LogP contribution in [0.15, 0.2) is 18.2 Å². The summed E-state index contributed by atoms with van der Waals surface area (Å²) in [7, 11) is 0. The van der Waals surface area contributed by atoms with Gasteiger partial charge in [-0.25, -0.2) is 0 Å². The molecule has 0 bridgehead atoms. The van der Waals surface area contributed by atoms with E-state index in [9.17, 15) is 13.9 Å². The van der Waals surface area contributed by atoms with E-state index in [-0.39, 0.29) is 17.9 Å². The number of rotatable bonds is 8. The standard InChI is InChI=1S/C16H25F2NO2/c1-10-5-6-15(21-16(17)18)14(8-10)13(4)19-9-11(2)7-12(3)20/h5-6,8,11-13,16,19-20H,7,9H2,1-4H3. The molecule has 1 rings (SSSR count). The van der Waals surface area contributed by atoms with Crippen molar-refractivity contribution in [3.8, 4) is 5.75 Å². The molecule has 0 amide bonds. The van der Waals surface area contributed by atoms with Crippen LogP contribution in [-0.4, -0.2) is 24.4 Å². The fourth-order valence-corrected chi connectivity index (χ4v) is 2.36. The molecule has 1 aromatic rings. The van der Waals surface area contributed by atoms with E-state index in [2.05, 4.69) is 10.1 Å². The van der Waals surface area contributed by atoms with E-state index in [1.54, 1.807) is 19.1 Å². The van der Waals surface area contributed by atoms with Crippen LogP contribution in [0.2, 0.25) is 0 Å². The number of alkyl halides is 2. The molecule has 2 N–H and O–H groups in total. The molecule has 0 saturated carbocycles. The first-order chi connectivity index (χ1) is 9.79. The van der Waals surface area contributed by atoms with Crippen molar-refractivity contribution in [2.45, 2.75) is 52.9 Å². The highest BCUT2D eigenvalue weighted by Crippen LogP contribution is 2.28. The summed E-state index contributed by atoms with van der Waals surface area (Å²) < 4.78 is 29.5. The van der Waals surface area contributed by atoms with Crippen molar-refractivity contribution in [3.63, 3.8) is 0 Å². The number of benzene rings is 1. The molecule has 0 heterocycles. The van der Waals surface area contributed by atoms with Gasteiger partial charge in [-0.15, -0.1) is 0 Å². The monoisotopic (exact) mass is 301 g/mol. The van der Waals surface area contributed by atoms with Crippen LogP contribution in [-0.2, 0) is 0 Å². The molecule has 3 nitrogen and oxygen atoms in total. The molecule has 3 unspecified atom stereocenters. The molecule has 0 aliphatic heterocycles. The normalized spacial score (nSPS) is 15.8. The number of hydrogen-bond acceptors (Lipinski definition) is 3. The minimum absolute atomic E-state index is 0.102. The van der Waals surface area contributed by atoms with Crippen LogP contribution in [0.25, 0.3) is 0 Å². The largest absolute Gasteiger partial charge is 0.434 e. The van der Waals surface area contributed by atoms with E-state index in [1.807, 2.05) is 26.8 Å². The Bertz CT molecular complexity index is 438. The second-order valence-electron chi connectivity index (χ2n) is 5.74. The first kappa shape index (κ1) is 17.9. The number of hydrogen-bond donors (Lipinski definition) is 2. The third-order valence-corrected chi connectivity index (χ3v) is 3.36. The van der Waals surface area contributed by atoms with Crippen molar-refractivity contribution in [2.75, 3.05) is 6.54 Å². The summed E-state index contributed by atoms with van der Waals surface area (Å²) in [5, 5.41) is 12.7. The highest BCUT2D eigenvalue weighted by Gasteiger charge is 2.16. The zero-order valence-electron chi connectivity index (χ0n) is 13.1. The van der Waals surface area contributed by atoms with E-state index in [0.717, 1.165) is 11.1 Å². The topological polar surface area (TPSA) is 41.5 Å². The Balaban J connectivity index is 2.71. The maximum Gasteiger partial charge on any atom is 0.387 e. The molecular weight excluding hydrogens is 276 g/mol. The molecule has 0 saturated heterocycles. The molecule has 0 aliphatic rings. The summed E-state index contributed by atoms with van der Waals surface area (Å²) in [4.78, 5) is 0. The second-order valence-corrected chi connectivity index (χ2v) is 5.74. The predicted molar refractivity (Wildman–Crippen MR) is 79.7 cm³/mol. The number of nitrogens with one attached hydrogen (secondary N) is 1. The fraction of sp³-hybridized carbons (Fsp3) is 0.625. The fourth-order valence-electron chi connectivity index (χ4n) is 2.36. The molecule has 5 heteroatoms. The third-order valence-electron chi connectivity index (χ3n) is 3.36. The average molecular weight is 301 g/mol. The van der Waals surface area contributed by atoms with Crippen molar-refractivity contribution in [3.05, 3.63) is 29.3 Å². The number of aliphatic hydroxyl groups is 1. The maximum atomic E-state index is 12.5. The molecule has 120 valence electrons. The van der Waals surface area contributed by atoms with Gasteiger partial charge in [0.25, 0.3) is 0 Å². The van der Waals surface area contributed by atoms with E-state index in [4.69, 9.17) is 0 Å². The van der Waals surface area contributed by atoms with E-state index < -0.39 is 6.61 Å². The predicted octanol–water partition coefficient (Wildman–Crippen LogP) is 3.65. The van der Waals surface area contributed by atoms with Gasteiger partial charge in [-0.05, 0) is 45.7 Å². The summed E-state index contributed by atoms with van der Waals surface area (Å²) in [6.45, 7) is 5.51. The molecule has 1 aromatic carbocycles. The number of ether oxygens (including phenoxy) is 1. The highest BCUT2D eigenvalue weighted by atomic mass is 19.3. The summed E-state index contributed by atoms with van der Waals surface area (Å²) in [5.41, 5.74) is 1.72. The molecular formula is C16H25F2NO2. The van der Waals surface area contributed by atoms with Gasteiger partial charge in [-0.1, -0.05) is 24.6 Å². The Morgan fingerprint density at radius 3 is 2.48 bits per heavy atom. The van der Waals surface area contributed by atoms with Crippen molar-refractivity contribution in [1.29, 1.82) is 0 Å². The van der Waals surface area contributed by atoms with Crippen LogP contribution in [0.3, 0.4) is 0 Å². The van der Waals surface area contributed by atoms with E-state index >= 15 is 0 Å². The summed E-state index contributed by atoms with van der Waals surface area (Å²) >= 11 is 0. The van der Waals surface area contributed by atoms with Crippen molar-refractivity contribution < 1.29 is 18.6 Å². The lowest BCUT2D eigenvalue weighted by Crippen LogP contribution is -2.26. The third kappa shape index (κ3) is 6.40. The van der Waals surface area contributed by atoms with E-state index in [0.29, 0.717) is 18.9 Å². The number of aryl methyl sites for hydroxylation is 1. The first-order valence-corrected chi connectivity index (χ1v) is 7.26. The summed E-state index contributed by atoms with van der Waals surface area (Å²) in [6.07, 6.45) is 0.363. The number of aliphatic hydroxyl groups excluding tert-OH is 1. The van der Waals surface area contributed by atoms with Crippen molar-refractivity contribution >= 4 is 0 Å². The minimum Gasteiger partial charge on any atom is -0.434 e. The van der Waals surface area contributed by atoms with Crippen LogP contribution in [0.5, 0.6) is 5.75 Å². The molecule has 3 atom stereocenters. The van der Waals surface area contributed by atoms with Crippen LogP contribution >= 0.6 is 0 Å². The molecule has 0 radical (unpaired) electrons. The number of halogens is 2. The first-order valence-electron chi connectivity index (χ1n) is 7.26. The van der Waals surface area contributed by atoms with Gasteiger partial charge in [-0.3, -0.25) is 0 Å². The highest BCUT2D eigenvalue weighted by molar-refractivity contribution is 5.39. The SMILES string of the molecule is Cc1ccc(OC(F)F)c(C(C)NCC(C)CC(C)O)c1. The van der Waals surface area contributed by atoms with Gasteiger partial charge >= 0.3 is 6.61 Å². The van der Waals surface area contributed by atoms with Gasteiger partial charge in [0.1, 0.15) is 5.75 Å². The van der Waals surface area contributed by atoms with Crippen LogP contribution in [0.1, 0.15) is 44.4 Å². The summed E-state index contributed by atoms with van der Waals surface area (Å²) in [6, 6.07) is 5.09. The zero-order valence-corrected chi connectivity index (χ0v) is 13.1. The lowest BCUT2D eigenvalue weighted by atomic mass is 10.0. The van der Waals surface area contributed by atoms with Gasteiger partial charge in [0, 0.05) is 11.6 Å². The van der Waals surface area contributed by atoms with Gasteiger partial charge in [0.2, 0.25) is 0 Å². The molecule has 0 spiro atoms. The summed E-state index contributed by atoms with van der Waals surface area (Å²) in [5.74, 6) is 0.510. The Morgan fingerprint density at radius 1 is 1.24 bits per heavy atom. The lowest BCUT2D eigenvalue weighted by molar-refractivity contribution is -0.0507. The minimum atomic E-state index is -2.83. The van der Waals surface area contributed by atoms with Crippen molar-refractivity contribution in [1.82, 2.24) is 5.32 Å². The zero-order chi connectivity index (χ0) is 16.0.